The van der Waals surface area contributed by atoms with E-state index in [9.17, 15) is 9.59 Å². The number of imidazole rings is 1. The highest BCUT2D eigenvalue weighted by Crippen LogP contribution is 2.38. The van der Waals surface area contributed by atoms with Crippen LogP contribution in [0.25, 0.3) is 33.5 Å². The number of carbonyl (C=O) groups is 2. The Labute approximate surface area is 232 Å². The quantitative estimate of drug-likeness (QED) is 0.261. The summed E-state index contributed by atoms with van der Waals surface area (Å²) in [5.74, 6) is 1.23. The van der Waals surface area contributed by atoms with Gasteiger partial charge in [0.05, 0.1) is 34.4 Å². The summed E-state index contributed by atoms with van der Waals surface area (Å²) < 4.78 is 15.0. The fourth-order valence-corrected chi connectivity index (χ4v) is 5.71. The molecule has 6 rings (SSSR count). The summed E-state index contributed by atoms with van der Waals surface area (Å²) in [5, 5.41) is 1.60. The zero-order valence-electron chi connectivity index (χ0n) is 22.7. The lowest BCUT2D eigenvalue weighted by atomic mass is 10.0. The summed E-state index contributed by atoms with van der Waals surface area (Å²) >= 11 is 6.82. The van der Waals surface area contributed by atoms with Gasteiger partial charge in [0.2, 0.25) is 0 Å². The second kappa shape index (κ2) is 9.59. The Hall–Kier alpha value is -3.52. The van der Waals surface area contributed by atoms with E-state index < -0.39 is 11.6 Å². The smallest absolute Gasteiger partial charge is 0.410 e. The lowest BCUT2D eigenvalue weighted by molar-refractivity contribution is -0.00312. The molecule has 0 unspecified atom stereocenters. The number of amides is 1. The first kappa shape index (κ1) is 25.7. The highest BCUT2D eigenvalue weighted by Gasteiger charge is 2.35. The number of carbonyl (C=O) groups excluding carboxylic acids is 2. The van der Waals surface area contributed by atoms with Gasteiger partial charge in [-0.1, -0.05) is 29.8 Å². The maximum absolute atomic E-state index is 12.5. The third-order valence-corrected chi connectivity index (χ3v) is 7.73. The van der Waals surface area contributed by atoms with Crippen molar-refractivity contribution in [1.29, 1.82) is 0 Å². The van der Waals surface area contributed by atoms with E-state index in [0.717, 1.165) is 29.0 Å². The molecule has 1 aliphatic heterocycles. The van der Waals surface area contributed by atoms with Crippen molar-refractivity contribution in [1.82, 2.24) is 19.0 Å². The number of nitrogens with zero attached hydrogens (tertiary/aromatic N) is 4. The van der Waals surface area contributed by atoms with E-state index in [1.807, 2.05) is 20.8 Å². The van der Waals surface area contributed by atoms with Crippen LogP contribution in [0.1, 0.15) is 44.0 Å². The molecule has 2 aliphatic rings. The van der Waals surface area contributed by atoms with Crippen LogP contribution in [-0.2, 0) is 22.6 Å². The monoisotopic (exact) mass is 548 g/mol. The van der Waals surface area contributed by atoms with Crippen molar-refractivity contribution < 1.29 is 19.1 Å². The van der Waals surface area contributed by atoms with Crippen molar-refractivity contribution in [2.24, 2.45) is 11.8 Å². The normalized spacial score (nSPS) is 16.1. The summed E-state index contributed by atoms with van der Waals surface area (Å²) in [6.45, 7) is 8.37. The van der Waals surface area contributed by atoms with Gasteiger partial charge in [0, 0.05) is 43.0 Å². The second-order valence-electron chi connectivity index (χ2n) is 11.8. The van der Waals surface area contributed by atoms with Crippen LogP contribution in [0.4, 0.5) is 4.79 Å². The van der Waals surface area contributed by atoms with Crippen molar-refractivity contribution in [3.8, 4) is 11.5 Å². The van der Waals surface area contributed by atoms with E-state index in [1.165, 1.54) is 25.5 Å². The first-order valence-corrected chi connectivity index (χ1v) is 13.8. The Morgan fingerprint density at radius 2 is 1.74 bits per heavy atom. The molecule has 0 spiro atoms. The Morgan fingerprint density at radius 1 is 1.03 bits per heavy atom. The predicted molar refractivity (Wildman–Crippen MR) is 151 cm³/mol. The van der Waals surface area contributed by atoms with E-state index in [4.69, 9.17) is 26.1 Å². The highest BCUT2D eigenvalue weighted by molar-refractivity contribution is 6.35. The summed E-state index contributed by atoms with van der Waals surface area (Å²) in [4.78, 5) is 31.7. The first-order chi connectivity index (χ1) is 18.6. The minimum absolute atomic E-state index is 0.214. The van der Waals surface area contributed by atoms with Crippen LogP contribution in [0.3, 0.4) is 0 Å². The van der Waals surface area contributed by atoms with Crippen molar-refractivity contribution in [3.05, 3.63) is 53.1 Å². The van der Waals surface area contributed by atoms with Gasteiger partial charge in [-0.15, -0.1) is 0 Å². The average Bonchev–Trinajstić information content (AvgIpc) is 3.50. The molecule has 9 heteroatoms. The molecule has 204 valence electrons. The van der Waals surface area contributed by atoms with Gasteiger partial charge in [-0.05, 0) is 63.8 Å². The maximum atomic E-state index is 12.5. The first-order valence-electron chi connectivity index (χ1n) is 13.5. The lowest BCUT2D eigenvalue weighted by Gasteiger charge is -2.40. The molecular formula is C30H33ClN4O4. The van der Waals surface area contributed by atoms with Gasteiger partial charge in [-0.25, -0.2) is 14.6 Å². The number of halogens is 1. The van der Waals surface area contributed by atoms with Crippen molar-refractivity contribution in [2.45, 2.75) is 52.3 Å². The van der Waals surface area contributed by atoms with Crippen molar-refractivity contribution in [3.63, 3.8) is 0 Å². The van der Waals surface area contributed by atoms with Gasteiger partial charge in [-0.2, -0.15) is 0 Å². The zero-order chi connectivity index (χ0) is 27.5. The molecule has 1 saturated carbocycles. The number of esters is 1. The van der Waals surface area contributed by atoms with Crippen LogP contribution in [0, 0.1) is 11.8 Å². The number of benzene rings is 2. The number of methoxy groups -OCH3 is 1. The number of ether oxygens (including phenoxy) is 2. The molecule has 0 bridgehead atoms. The molecule has 1 amide bonds. The standard InChI is InChI=1S/C30H33ClN4O4/c1-30(2,3)39-29(37)33-14-19(15-33)17-35-26-22(31)11-21(28(36)38-4)12-23(26)32-27(35)25-13-20-7-5-6-8-24(20)34(25)16-18-9-10-18/h5-8,11-13,18-19H,9-10,14-17H2,1-4H3. The highest BCUT2D eigenvalue weighted by atomic mass is 35.5. The number of para-hydroxylation sites is 1. The Kier molecular flexibility index (Phi) is 6.33. The number of rotatable bonds is 6. The van der Waals surface area contributed by atoms with Gasteiger partial charge in [-0.3, -0.25) is 0 Å². The molecule has 1 aliphatic carbocycles. The van der Waals surface area contributed by atoms with Gasteiger partial charge < -0.3 is 23.5 Å². The number of aromatic nitrogens is 3. The van der Waals surface area contributed by atoms with E-state index in [0.29, 0.717) is 41.7 Å². The fourth-order valence-electron chi connectivity index (χ4n) is 5.40. The number of fused-ring (bicyclic) bond motifs is 2. The average molecular weight is 549 g/mol. The molecule has 8 nitrogen and oxygen atoms in total. The van der Waals surface area contributed by atoms with E-state index in [2.05, 4.69) is 39.5 Å². The van der Waals surface area contributed by atoms with Crippen LogP contribution < -0.4 is 0 Å². The molecular weight excluding hydrogens is 516 g/mol. The second-order valence-corrected chi connectivity index (χ2v) is 12.2. The van der Waals surface area contributed by atoms with Crippen LogP contribution >= 0.6 is 11.6 Å². The van der Waals surface area contributed by atoms with Gasteiger partial charge in [0.1, 0.15) is 5.60 Å². The SMILES string of the molecule is COC(=O)c1cc(Cl)c2c(c1)nc(-c1cc3ccccc3n1CC1CC1)n2CC1CN(C(=O)OC(C)(C)C)C1. The van der Waals surface area contributed by atoms with Crippen LogP contribution in [0.15, 0.2) is 42.5 Å². The Balaban J connectivity index is 1.42. The molecule has 0 radical (unpaired) electrons. The lowest BCUT2D eigenvalue weighted by Crippen LogP contribution is -2.52. The van der Waals surface area contributed by atoms with Gasteiger partial charge in [0.15, 0.2) is 5.82 Å². The number of hydrogen-bond acceptors (Lipinski definition) is 5. The molecule has 2 aromatic heterocycles. The molecule has 2 aromatic carbocycles. The van der Waals surface area contributed by atoms with Crippen molar-refractivity contribution >= 4 is 45.6 Å². The fraction of sp³-hybridized carbons (Fsp3) is 0.433. The van der Waals surface area contributed by atoms with Crippen molar-refractivity contribution in [2.75, 3.05) is 20.2 Å². The molecule has 4 aromatic rings. The molecule has 0 atom stereocenters. The molecule has 39 heavy (non-hydrogen) atoms. The van der Waals surface area contributed by atoms with Crippen LogP contribution in [0.5, 0.6) is 0 Å². The summed E-state index contributed by atoms with van der Waals surface area (Å²) in [7, 11) is 1.35. The Bertz CT molecular complexity index is 1590. The Morgan fingerprint density at radius 3 is 2.44 bits per heavy atom. The maximum Gasteiger partial charge on any atom is 0.410 e. The zero-order valence-corrected chi connectivity index (χ0v) is 23.5. The largest absolute Gasteiger partial charge is 0.465 e. The molecule has 3 heterocycles. The van der Waals surface area contributed by atoms with E-state index in [1.54, 1.807) is 17.0 Å². The summed E-state index contributed by atoms with van der Waals surface area (Å²) in [6.07, 6.45) is 2.18. The molecule has 1 saturated heterocycles. The minimum atomic E-state index is -0.532. The molecule has 0 N–H and O–H groups in total. The van der Waals surface area contributed by atoms with Crippen LogP contribution in [0.2, 0.25) is 5.02 Å². The number of hydrogen-bond donors (Lipinski definition) is 0. The molecule has 2 fully saturated rings. The van der Waals surface area contributed by atoms with E-state index in [-0.39, 0.29) is 12.0 Å². The summed E-state index contributed by atoms with van der Waals surface area (Å²) in [6, 6.07) is 14.0. The third-order valence-electron chi connectivity index (χ3n) is 7.44. The van der Waals surface area contributed by atoms with Gasteiger partial charge in [0.25, 0.3) is 0 Å². The third kappa shape index (κ3) is 4.98. The predicted octanol–water partition coefficient (Wildman–Crippen LogP) is 6.37. The van der Waals surface area contributed by atoms with E-state index >= 15 is 0 Å². The topological polar surface area (TPSA) is 78.6 Å². The summed E-state index contributed by atoms with van der Waals surface area (Å²) in [5.41, 5.74) is 3.46. The minimum Gasteiger partial charge on any atom is -0.465 e. The van der Waals surface area contributed by atoms with Crippen LogP contribution in [-0.4, -0.2) is 56.9 Å². The number of likely N-dealkylation sites (tertiary alicyclic amines) is 1. The van der Waals surface area contributed by atoms with Gasteiger partial charge >= 0.3 is 12.1 Å².